The molecule has 0 saturated carbocycles. The lowest BCUT2D eigenvalue weighted by atomic mass is 10.1. The Hall–Kier alpha value is -3.65. The van der Waals surface area contributed by atoms with Gasteiger partial charge in [-0.05, 0) is 46.8 Å². The third kappa shape index (κ3) is 4.44. The Bertz CT molecular complexity index is 1090. The summed E-state index contributed by atoms with van der Waals surface area (Å²) < 4.78 is 6.77. The zero-order valence-corrected chi connectivity index (χ0v) is 16.5. The number of carbonyl (C=O) groups is 1. The Balaban J connectivity index is 1.36. The van der Waals surface area contributed by atoms with Gasteiger partial charge in [-0.15, -0.1) is 11.3 Å². The number of methoxy groups -OCH3 is 1. The van der Waals surface area contributed by atoms with Gasteiger partial charge in [0.2, 0.25) is 0 Å². The molecule has 8 heteroatoms. The Morgan fingerprint density at radius 2 is 1.97 bits per heavy atom. The Morgan fingerprint density at radius 1 is 1.10 bits per heavy atom. The maximum Gasteiger partial charge on any atom is 0.320 e. The SMILES string of the molecule is COc1ccc(-c2csc(CNC(=O)Nc3ccnn3-c3ccccn3)c2)cc1. The lowest BCUT2D eigenvalue weighted by Gasteiger charge is -2.09. The maximum atomic E-state index is 12.3. The Kier molecular flexibility index (Phi) is 5.53. The minimum absolute atomic E-state index is 0.304. The van der Waals surface area contributed by atoms with Crippen molar-refractivity contribution >= 4 is 23.2 Å². The molecule has 0 unspecified atom stereocenters. The molecule has 0 atom stereocenters. The van der Waals surface area contributed by atoms with Crippen molar-refractivity contribution < 1.29 is 9.53 Å². The van der Waals surface area contributed by atoms with E-state index in [-0.39, 0.29) is 6.03 Å². The normalized spacial score (nSPS) is 10.5. The Labute approximate surface area is 172 Å². The lowest BCUT2D eigenvalue weighted by molar-refractivity contribution is 0.251. The molecule has 0 fully saturated rings. The highest BCUT2D eigenvalue weighted by molar-refractivity contribution is 7.10. The van der Waals surface area contributed by atoms with Gasteiger partial charge in [0.25, 0.3) is 0 Å². The average molecular weight is 405 g/mol. The van der Waals surface area contributed by atoms with Crippen LogP contribution in [0.15, 0.2) is 72.4 Å². The zero-order chi connectivity index (χ0) is 20.1. The van der Waals surface area contributed by atoms with E-state index >= 15 is 0 Å². The molecule has 3 aromatic heterocycles. The minimum Gasteiger partial charge on any atom is -0.497 e. The van der Waals surface area contributed by atoms with Crippen molar-refractivity contribution in [1.29, 1.82) is 0 Å². The van der Waals surface area contributed by atoms with Crippen LogP contribution in [0, 0.1) is 0 Å². The standard InChI is InChI=1S/C21H19N5O2S/c1-28-17-7-5-15(6-8-17)16-12-18(29-14-16)13-23-21(27)25-20-9-11-24-26(20)19-4-2-3-10-22-19/h2-12,14H,13H2,1H3,(H2,23,25,27). The molecule has 4 rings (SSSR count). The maximum absolute atomic E-state index is 12.3. The van der Waals surface area contributed by atoms with E-state index in [4.69, 9.17) is 4.74 Å². The number of nitrogens with one attached hydrogen (secondary N) is 2. The summed E-state index contributed by atoms with van der Waals surface area (Å²) in [4.78, 5) is 17.6. The molecular formula is C21H19N5O2S. The summed E-state index contributed by atoms with van der Waals surface area (Å²) in [7, 11) is 1.65. The van der Waals surface area contributed by atoms with Crippen molar-refractivity contribution in [3.8, 4) is 22.7 Å². The number of hydrogen-bond donors (Lipinski definition) is 2. The second-order valence-corrected chi connectivity index (χ2v) is 7.15. The van der Waals surface area contributed by atoms with Crippen LogP contribution in [0.2, 0.25) is 0 Å². The van der Waals surface area contributed by atoms with Crippen molar-refractivity contribution in [2.45, 2.75) is 6.54 Å². The van der Waals surface area contributed by atoms with Crippen LogP contribution in [0.3, 0.4) is 0 Å². The van der Waals surface area contributed by atoms with E-state index in [9.17, 15) is 4.79 Å². The fraction of sp³-hybridized carbons (Fsp3) is 0.0952. The van der Waals surface area contributed by atoms with Crippen LogP contribution in [0.5, 0.6) is 5.75 Å². The number of benzene rings is 1. The van der Waals surface area contributed by atoms with Crippen molar-refractivity contribution in [3.05, 3.63) is 77.2 Å². The van der Waals surface area contributed by atoms with Gasteiger partial charge >= 0.3 is 6.03 Å². The number of urea groups is 1. The first-order chi connectivity index (χ1) is 14.2. The van der Waals surface area contributed by atoms with Crippen molar-refractivity contribution in [3.63, 3.8) is 0 Å². The number of amides is 2. The number of rotatable bonds is 6. The third-order valence-electron chi connectivity index (χ3n) is 4.25. The number of carbonyl (C=O) groups excluding carboxylic acids is 1. The van der Waals surface area contributed by atoms with E-state index < -0.39 is 0 Å². The highest BCUT2D eigenvalue weighted by Crippen LogP contribution is 2.27. The van der Waals surface area contributed by atoms with E-state index in [0.29, 0.717) is 18.2 Å². The number of anilines is 1. The number of nitrogens with zero attached hydrogens (tertiary/aromatic N) is 3. The van der Waals surface area contributed by atoms with Gasteiger partial charge in [0.15, 0.2) is 5.82 Å². The molecule has 146 valence electrons. The van der Waals surface area contributed by atoms with Crippen molar-refractivity contribution in [1.82, 2.24) is 20.1 Å². The van der Waals surface area contributed by atoms with E-state index in [2.05, 4.69) is 32.2 Å². The topological polar surface area (TPSA) is 81.1 Å². The predicted molar refractivity (Wildman–Crippen MR) is 114 cm³/mol. The minimum atomic E-state index is -0.304. The number of pyridine rings is 1. The third-order valence-corrected chi connectivity index (χ3v) is 5.19. The van der Waals surface area contributed by atoms with Gasteiger partial charge in [-0.3, -0.25) is 5.32 Å². The molecule has 1 aromatic carbocycles. The molecule has 0 saturated heterocycles. The quantitative estimate of drug-likeness (QED) is 0.500. The van der Waals surface area contributed by atoms with Crippen LogP contribution in [-0.2, 0) is 6.54 Å². The van der Waals surface area contributed by atoms with Crippen LogP contribution in [0.1, 0.15) is 4.88 Å². The average Bonchev–Trinajstić information content (AvgIpc) is 3.43. The van der Waals surface area contributed by atoms with Crippen LogP contribution in [0.4, 0.5) is 10.6 Å². The van der Waals surface area contributed by atoms with Gasteiger partial charge in [-0.25, -0.2) is 9.78 Å². The highest BCUT2D eigenvalue weighted by Gasteiger charge is 2.10. The molecule has 0 spiro atoms. The summed E-state index contributed by atoms with van der Waals surface area (Å²) in [6.07, 6.45) is 3.29. The molecule has 2 N–H and O–H groups in total. The summed E-state index contributed by atoms with van der Waals surface area (Å²) >= 11 is 1.60. The zero-order valence-electron chi connectivity index (χ0n) is 15.7. The number of hydrogen-bond acceptors (Lipinski definition) is 5. The monoisotopic (exact) mass is 405 g/mol. The molecule has 0 aliphatic rings. The Morgan fingerprint density at radius 3 is 2.72 bits per heavy atom. The van der Waals surface area contributed by atoms with Gasteiger partial charge in [0, 0.05) is 17.1 Å². The summed E-state index contributed by atoms with van der Waals surface area (Å²) in [5.41, 5.74) is 2.22. The molecular weight excluding hydrogens is 386 g/mol. The molecule has 3 heterocycles. The summed E-state index contributed by atoms with van der Waals surface area (Å²) in [5, 5.41) is 12.0. The first-order valence-electron chi connectivity index (χ1n) is 8.95. The molecule has 0 radical (unpaired) electrons. The number of aromatic nitrogens is 3. The second-order valence-electron chi connectivity index (χ2n) is 6.15. The van der Waals surface area contributed by atoms with E-state index in [1.54, 1.807) is 41.6 Å². The van der Waals surface area contributed by atoms with Gasteiger partial charge < -0.3 is 10.1 Å². The molecule has 0 aliphatic carbocycles. The van der Waals surface area contributed by atoms with Crippen LogP contribution >= 0.6 is 11.3 Å². The first-order valence-corrected chi connectivity index (χ1v) is 9.83. The van der Waals surface area contributed by atoms with E-state index in [1.165, 1.54) is 0 Å². The number of thiophene rings is 1. The summed E-state index contributed by atoms with van der Waals surface area (Å²) in [5.74, 6) is 2.01. The van der Waals surface area contributed by atoms with Crippen molar-refractivity contribution in [2.24, 2.45) is 0 Å². The van der Waals surface area contributed by atoms with Crippen LogP contribution < -0.4 is 15.4 Å². The van der Waals surface area contributed by atoms with E-state index in [1.807, 2.05) is 42.5 Å². The van der Waals surface area contributed by atoms with Gasteiger partial charge in [0.1, 0.15) is 11.6 Å². The number of ether oxygens (including phenoxy) is 1. The van der Waals surface area contributed by atoms with Gasteiger partial charge in [-0.1, -0.05) is 18.2 Å². The van der Waals surface area contributed by atoms with Gasteiger partial charge in [0.05, 0.1) is 19.9 Å². The predicted octanol–water partition coefficient (Wildman–Crippen LogP) is 4.33. The smallest absolute Gasteiger partial charge is 0.320 e. The molecule has 29 heavy (non-hydrogen) atoms. The second kappa shape index (κ2) is 8.57. The largest absolute Gasteiger partial charge is 0.497 e. The first kappa shape index (κ1) is 18.7. The summed E-state index contributed by atoms with van der Waals surface area (Å²) in [6.45, 7) is 0.435. The molecule has 0 bridgehead atoms. The van der Waals surface area contributed by atoms with Crippen LogP contribution in [-0.4, -0.2) is 27.9 Å². The fourth-order valence-electron chi connectivity index (χ4n) is 2.80. The van der Waals surface area contributed by atoms with Crippen molar-refractivity contribution in [2.75, 3.05) is 12.4 Å². The summed E-state index contributed by atoms with van der Waals surface area (Å²) in [6, 6.07) is 16.9. The highest BCUT2D eigenvalue weighted by atomic mass is 32.1. The molecule has 7 nitrogen and oxygen atoms in total. The van der Waals surface area contributed by atoms with Crippen LogP contribution in [0.25, 0.3) is 16.9 Å². The molecule has 2 amide bonds. The fourth-order valence-corrected chi connectivity index (χ4v) is 3.63. The molecule has 0 aliphatic heterocycles. The van der Waals surface area contributed by atoms with E-state index in [0.717, 1.165) is 21.8 Å². The van der Waals surface area contributed by atoms with Gasteiger partial charge in [-0.2, -0.15) is 9.78 Å². The lowest BCUT2D eigenvalue weighted by Crippen LogP contribution is -2.28. The molecule has 4 aromatic rings.